The number of esters is 1. The molecule has 0 fully saturated rings. The van der Waals surface area contributed by atoms with Crippen LogP contribution < -0.4 is 5.32 Å². The maximum atomic E-state index is 11.3. The fourth-order valence-electron chi connectivity index (χ4n) is 1.02. The van der Waals surface area contributed by atoms with Crippen LogP contribution in [0.2, 0.25) is 0 Å². The van der Waals surface area contributed by atoms with Crippen LogP contribution in [0.5, 0.6) is 0 Å². The summed E-state index contributed by atoms with van der Waals surface area (Å²) < 4.78 is 5.18. The van der Waals surface area contributed by atoms with Crippen LogP contribution >= 0.6 is 0 Å². The Morgan fingerprint density at radius 1 is 1.36 bits per heavy atom. The van der Waals surface area contributed by atoms with Gasteiger partial charge in [-0.15, -0.1) is 0 Å². The molecule has 0 saturated heterocycles. The highest BCUT2D eigenvalue weighted by atomic mass is 16.6. The SMILES string of the molecule is CC(C)NCCCC(=O)OC(C)(C)C. The summed E-state index contributed by atoms with van der Waals surface area (Å²) in [5.74, 6) is -0.108. The smallest absolute Gasteiger partial charge is 0.306 e. The highest BCUT2D eigenvalue weighted by Crippen LogP contribution is 2.08. The quantitative estimate of drug-likeness (QED) is 0.547. The van der Waals surface area contributed by atoms with E-state index < -0.39 is 0 Å². The molecule has 0 aromatic heterocycles. The molecule has 0 unspecified atom stereocenters. The Balaban J connectivity index is 3.46. The second-order valence-corrected chi connectivity index (χ2v) is 4.80. The number of carbonyl (C=O) groups is 1. The highest BCUT2D eigenvalue weighted by molar-refractivity contribution is 5.69. The number of ether oxygens (including phenoxy) is 1. The van der Waals surface area contributed by atoms with Crippen LogP contribution in [0, 0.1) is 0 Å². The van der Waals surface area contributed by atoms with Crippen molar-refractivity contribution in [3.63, 3.8) is 0 Å². The predicted molar refractivity (Wildman–Crippen MR) is 58.2 cm³/mol. The summed E-state index contributed by atoms with van der Waals surface area (Å²) in [6.07, 6.45) is 1.34. The third-order valence-corrected chi connectivity index (χ3v) is 1.53. The van der Waals surface area contributed by atoms with Crippen LogP contribution in [0.25, 0.3) is 0 Å². The van der Waals surface area contributed by atoms with E-state index in [4.69, 9.17) is 4.74 Å². The van der Waals surface area contributed by atoms with E-state index in [1.807, 2.05) is 20.8 Å². The van der Waals surface area contributed by atoms with Crippen molar-refractivity contribution in [3.05, 3.63) is 0 Å². The zero-order valence-corrected chi connectivity index (χ0v) is 10.0. The minimum atomic E-state index is -0.359. The monoisotopic (exact) mass is 201 g/mol. The molecule has 0 heterocycles. The molecule has 0 aliphatic carbocycles. The van der Waals surface area contributed by atoms with Crippen LogP contribution in [-0.2, 0) is 9.53 Å². The third-order valence-electron chi connectivity index (χ3n) is 1.53. The van der Waals surface area contributed by atoms with Crippen molar-refractivity contribution in [3.8, 4) is 0 Å². The lowest BCUT2D eigenvalue weighted by atomic mass is 10.2. The van der Waals surface area contributed by atoms with Crippen LogP contribution in [-0.4, -0.2) is 24.2 Å². The summed E-state index contributed by atoms with van der Waals surface area (Å²) >= 11 is 0. The number of hydrogen-bond donors (Lipinski definition) is 1. The van der Waals surface area contributed by atoms with Gasteiger partial charge in [0.2, 0.25) is 0 Å². The topological polar surface area (TPSA) is 38.3 Å². The van der Waals surface area contributed by atoms with Gasteiger partial charge < -0.3 is 10.1 Å². The van der Waals surface area contributed by atoms with Gasteiger partial charge in [-0.1, -0.05) is 13.8 Å². The van der Waals surface area contributed by atoms with E-state index in [0.29, 0.717) is 12.5 Å². The summed E-state index contributed by atoms with van der Waals surface area (Å²) in [6.45, 7) is 10.7. The van der Waals surface area contributed by atoms with Gasteiger partial charge in [0.25, 0.3) is 0 Å². The van der Waals surface area contributed by atoms with Gasteiger partial charge in [-0.25, -0.2) is 0 Å². The first-order valence-electron chi connectivity index (χ1n) is 5.26. The first kappa shape index (κ1) is 13.4. The van der Waals surface area contributed by atoms with E-state index in [0.717, 1.165) is 13.0 Å². The van der Waals surface area contributed by atoms with E-state index in [-0.39, 0.29) is 11.6 Å². The Hall–Kier alpha value is -0.570. The summed E-state index contributed by atoms with van der Waals surface area (Å²) in [5.41, 5.74) is -0.359. The minimum Gasteiger partial charge on any atom is -0.460 e. The van der Waals surface area contributed by atoms with Crippen LogP contribution in [0.15, 0.2) is 0 Å². The van der Waals surface area contributed by atoms with Gasteiger partial charge in [-0.2, -0.15) is 0 Å². The van der Waals surface area contributed by atoms with Crippen molar-refractivity contribution in [2.75, 3.05) is 6.54 Å². The molecule has 0 rings (SSSR count). The van der Waals surface area contributed by atoms with E-state index in [1.165, 1.54) is 0 Å². The van der Waals surface area contributed by atoms with Crippen molar-refractivity contribution in [2.24, 2.45) is 0 Å². The molecule has 0 atom stereocenters. The number of hydrogen-bond acceptors (Lipinski definition) is 3. The molecular weight excluding hydrogens is 178 g/mol. The van der Waals surface area contributed by atoms with Crippen molar-refractivity contribution in [1.29, 1.82) is 0 Å². The molecule has 0 aromatic rings. The molecule has 3 heteroatoms. The average Bonchev–Trinajstić information content (AvgIpc) is 1.94. The average molecular weight is 201 g/mol. The fourth-order valence-corrected chi connectivity index (χ4v) is 1.02. The maximum Gasteiger partial charge on any atom is 0.306 e. The Morgan fingerprint density at radius 3 is 2.36 bits per heavy atom. The number of carbonyl (C=O) groups excluding carboxylic acids is 1. The molecule has 84 valence electrons. The van der Waals surface area contributed by atoms with Crippen molar-refractivity contribution >= 4 is 5.97 Å². The molecule has 3 nitrogen and oxygen atoms in total. The molecule has 0 radical (unpaired) electrons. The molecule has 0 aromatic carbocycles. The Labute approximate surface area is 87.2 Å². The molecule has 0 amide bonds. The second kappa shape index (κ2) is 6.02. The van der Waals surface area contributed by atoms with Crippen LogP contribution in [0.1, 0.15) is 47.5 Å². The van der Waals surface area contributed by atoms with Crippen molar-refractivity contribution in [2.45, 2.75) is 59.1 Å². The third kappa shape index (κ3) is 9.52. The molecule has 0 bridgehead atoms. The molecular formula is C11H23NO2. The van der Waals surface area contributed by atoms with E-state index >= 15 is 0 Å². The Morgan fingerprint density at radius 2 is 1.93 bits per heavy atom. The lowest BCUT2D eigenvalue weighted by Crippen LogP contribution is -2.26. The largest absolute Gasteiger partial charge is 0.460 e. The standard InChI is InChI=1S/C11H23NO2/c1-9(2)12-8-6-7-10(13)14-11(3,4)5/h9,12H,6-8H2,1-5H3. The van der Waals surface area contributed by atoms with Crippen LogP contribution in [0.3, 0.4) is 0 Å². The molecule has 0 saturated carbocycles. The van der Waals surface area contributed by atoms with Crippen LogP contribution in [0.4, 0.5) is 0 Å². The normalized spacial score (nSPS) is 11.9. The fraction of sp³-hybridized carbons (Fsp3) is 0.909. The summed E-state index contributed by atoms with van der Waals surface area (Å²) in [6, 6.07) is 0.480. The molecule has 1 N–H and O–H groups in total. The highest BCUT2D eigenvalue weighted by Gasteiger charge is 2.15. The summed E-state index contributed by atoms with van der Waals surface area (Å²) in [7, 11) is 0. The zero-order valence-electron chi connectivity index (χ0n) is 10.0. The van der Waals surface area contributed by atoms with Gasteiger partial charge >= 0.3 is 5.97 Å². The molecule has 0 spiro atoms. The lowest BCUT2D eigenvalue weighted by molar-refractivity contribution is -0.154. The van der Waals surface area contributed by atoms with E-state index in [9.17, 15) is 4.79 Å². The lowest BCUT2D eigenvalue weighted by Gasteiger charge is -2.19. The Bertz CT molecular complexity index is 171. The Kier molecular flexibility index (Phi) is 5.77. The van der Waals surface area contributed by atoms with Crippen molar-refractivity contribution < 1.29 is 9.53 Å². The van der Waals surface area contributed by atoms with E-state index in [1.54, 1.807) is 0 Å². The molecule has 0 aliphatic heterocycles. The number of nitrogens with one attached hydrogen (secondary N) is 1. The van der Waals surface area contributed by atoms with Gasteiger partial charge in [-0.05, 0) is 33.7 Å². The van der Waals surface area contributed by atoms with Gasteiger partial charge in [0.1, 0.15) is 5.60 Å². The van der Waals surface area contributed by atoms with Gasteiger partial charge in [0.15, 0.2) is 0 Å². The van der Waals surface area contributed by atoms with Gasteiger partial charge in [0, 0.05) is 12.5 Å². The number of rotatable bonds is 5. The maximum absolute atomic E-state index is 11.3. The zero-order chi connectivity index (χ0) is 11.2. The predicted octanol–water partition coefficient (Wildman–Crippen LogP) is 2.11. The first-order chi connectivity index (χ1) is 6.31. The van der Waals surface area contributed by atoms with Crippen molar-refractivity contribution in [1.82, 2.24) is 5.32 Å². The first-order valence-corrected chi connectivity index (χ1v) is 5.26. The van der Waals surface area contributed by atoms with Gasteiger partial charge in [-0.3, -0.25) is 4.79 Å². The second-order valence-electron chi connectivity index (χ2n) is 4.80. The van der Waals surface area contributed by atoms with E-state index in [2.05, 4.69) is 19.2 Å². The van der Waals surface area contributed by atoms with Gasteiger partial charge in [0.05, 0.1) is 0 Å². The molecule has 0 aliphatic rings. The summed E-state index contributed by atoms with van der Waals surface area (Å²) in [5, 5.41) is 3.26. The molecule has 14 heavy (non-hydrogen) atoms. The summed E-state index contributed by atoms with van der Waals surface area (Å²) in [4.78, 5) is 11.3. The minimum absolute atomic E-state index is 0.108.